The second-order valence-corrected chi connectivity index (χ2v) is 3.79. The molecule has 1 aromatic heterocycles. The van der Waals surface area contributed by atoms with E-state index in [2.05, 4.69) is 10.3 Å². The smallest absolute Gasteiger partial charge is 0.289 e. The number of nitrogens with two attached hydrogens (primary N) is 1. The number of carbonyl (C=O) groups is 1. The number of oxazole rings is 1. The largest absolute Gasteiger partial charge is 0.436 e. The standard InChI is InChI=1S/C9H15N3O2/c1-6-11-4-7(14-6)8(13)12-9(2,3)5-10/h4H,5,10H2,1-3H3,(H,12,13). The molecule has 0 aliphatic rings. The van der Waals surface area contributed by atoms with E-state index in [-0.39, 0.29) is 11.7 Å². The van der Waals surface area contributed by atoms with E-state index >= 15 is 0 Å². The average Bonchev–Trinajstić information content (AvgIpc) is 2.51. The summed E-state index contributed by atoms with van der Waals surface area (Å²) in [5.74, 6) is 0.394. The predicted molar refractivity (Wildman–Crippen MR) is 51.8 cm³/mol. The molecule has 0 saturated heterocycles. The molecule has 14 heavy (non-hydrogen) atoms. The zero-order chi connectivity index (χ0) is 10.8. The highest BCUT2D eigenvalue weighted by Crippen LogP contribution is 2.05. The molecule has 0 bridgehead atoms. The minimum Gasteiger partial charge on any atom is -0.436 e. The first-order chi connectivity index (χ1) is 6.44. The number of aromatic nitrogens is 1. The van der Waals surface area contributed by atoms with Crippen molar-refractivity contribution >= 4 is 5.91 Å². The van der Waals surface area contributed by atoms with Gasteiger partial charge in [-0.2, -0.15) is 0 Å². The molecule has 0 saturated carbocycles. The van der Waals surface area contributed by atoms with Gasteiger partial charge in [0.15, 0.2) is 5.89 Å². The first-order valence-electron chi connectivity index (χ1n) is 4.39. The fourth-order valence-corrected chi connectivity index (χ4v) is 0.886. The Morgan fingerprint density at radius 1 is 1.71 bits per heavy atom. The number of aryl methyl sites for hydroxylation is 1. The van der Waals surface area contributed by atoms with Crippen molar-refractivity contribution in [1.29, 1.82) is 0 Å². The number of rotatable bonds is 3. The summed E-state index contributed by atoms with van der Waals surface area (Å²) in [5, 5.41) is 2.74. The third-order valence-electron chi connectivity index (χ3n) is 1.81. The number of nitrogens with one attached hydrogen (secondary N) is 1. The summed E-state index contributed by atoms with van der Waals surface area (Å²) in [6, 6.07) is 0. The molecule has 0 spiro atoms. The normalized spacial score (nSPS) is 11.4. The van der Waals surface area contributed by atoms with Gasteiger partial charge in [-0.1, -0.05) is 0 Å². The van der Waals surface area contributed by atoms with Crippen molar-refractivity contribution in [2.75, 3.05) is 6.54 Å². The summed E-state index contributed by atoms with van der Waals surface area (Å²) in [6.07, 6.45) is 1.40. The van der Waals surface area contributed by atoms with E-state index in [1.807, 2.05) is 13.8 Å². The first kappa shape index (κ1) is 10.7. The number of amides is 1. The van der Waals surface area contributed by atoms with Crippen LogP contribution in [0.25, 0.3) is 0 Å². The Hall–Kier alpha value is -1.36. The molecule has 0 aliphatic carbocycles. The first-order valence-corrected chi connectivity index (χ1v) is 4.39. The van der Waals surface area contributed by atoms with Crippen molar-refractivity contribution in [3.05, 3.63) is 17.8 Å². The summed E-state index contributed by atoms with van der Waals surface area (Å²) < 4.78 is 5.07. The second-order valence-electron chi connectivity index (χ2n) is 3.79. The fourth-order valence-electron chi connectivity index (χ4n) is 0.886. The Balaban J connectivity index is 2.68. The Labute approximate surface area is 82.7 Å². The Morgan fingerprint density at radius 3 is 2.79 bits per heavy atom. The fraction of sp³-hybridized carbons (Fsp3) is 0.556. The average molecular weight is 197 g/mol. The second kappa shape index (κ2) is 3.79. The molecule has 0 unspecified atom stereocenters. The zero-order valence-electron chi connectivity index (χ0n) is 8.63. The summed E-state index contributed by atoms with van der Waals surface area (Å²) in [6.45, 7) is 5.74. The van der Waals surface area contributed by atoms with Gasteiger partial charge in [0.2, 0.25) is 5.76 Å². The van der Waals surface area contributed by atoms with E-state index in [9.17, 15) is 4.79 Å². The molecule has 1 amide bonds. The van der Waals surface area contributed by atoms with Crippen molar-refractivity contribution in [2.24, 2.45) is 5.73 Å². The van der Waals surface area contributed by atoms with Crippen LogP contribution in [0.1, 0.15) is 30.3 Å². The van der Waals surface area contributed by atoms with Crippen LogP contribution < -0.4 is 11.1 Å². The highest BCUT2D eigenvalue weighted by atomic mass is 16.4. The lowest BCUT2D eigenvalue weighted by atomic mass is 10.1. The van der Waals surface area contributed by atoms with Gasteiger partial charge >= 0.3 is 0 Å². The minimum absolute atomic E-state index is 0.212. The molecule has 78 valence electrons. The minimum atomic E-state index is -0.433. The highest BCUT2D eigenvalue weighted by Gasteiger charge is 2.21. The lowest BCUT2D eigenvalue weighted by Gasteiger charge is -2.23. The van der Waals surface area contributed by atoms with E-state index in [1.165, 1.54) is 6.20 Å². The van der Waals surface area contributed by atoms with E-state index in [0.29, 0.717) is 12.4 Å². The van der Waals surface area contributed by atoms with E-state index in [4.69, 9.17) is 10.2 Å². The van der Waals surface area contributed by atoms with E-state index in [1.54, 1.807) is 6.92 Å². The van der Waals surface area contributed by atoms with Gasteiger partial charge < -0.3 is 15.5 Å². The van der Waals surface area contributed by atoms with Crippen LogP contribution in [0.2, 0.25) is 0 Å². The molecule has 0 radical (unpaired) electrons. The quantitative estimate of drug-likeness (QED) is 0.737. The van der Waals surface area contributed by atoms with Crippen molar-refractivity contribution in [2.45, 2.75) is 26.3 Å². The highest BCUT2D eigenvalue weighted by molar-refractivity contribution is 5.91. The summed E-state index contributed by atoms with van der Waals surface area (Å²) in [5.41, 5.74) is 5.04. The van der Waals surface area contributed by atoms with Crippen LogP contribution in [0, 0.1) is 6.92 Å². The number of hydrogen-bond donors (Lipinski definition) is 2. The van der Waals surface area contributed by atoms with Crippen LogP contribution in [0.15, 0.2) is 10.6 Å². The maximum atomic E-state index is 11.5. The maximum Gasteiger partial charge on any atom is 0.289 e. The molecular formula is C9H15N3O2. The van der Waals surface area contributed by atoms with Crippen molar-refractivity contribution in [3.8, 4) is 0 Å². The van der Waals surface area contributed by atoms with Gasteiger partial charge in [0.25, 0.3) is 5.91 Å². The number of carbonyl (C=O) groups excluding carboxylic acids is 1. The molecule has 5 heteroatoms. The molecule has 0 aromatic carbocycles. The summed E-state index contributed by atoms with van der Waals surface area (Å²) >= 11 is 0. The molecule has 0 fully saturated rings. The van der Waals surface area contributed by atoms with Crippen LogP contribution in [0.5, 0.6) is 0 Å². The summed E-state index contributed by atoms with van der Waals surface area (Å²) in [4.78, 5) is 15.4. The zero-order valence-corrected chi connectivity index (χ0v) is 8.63. The Bertz CT molecular complexity index is 331. The van der Waals surface area contributed by atoms with E-state index in [0.717, 1.165) is 0 Å². The topological polar surface area (TPSA) is 81.2 Å². The predicted octanol–water partition coefficient (Wildman–Crippen LogP) is 0.450. The van der Waals surface area contributed by atoms with Gasteiger partial charge in [-0.05, 0) is 13.8 Å². The van der Waals surface area contributed by atoms with Gasteiger partial charge in [0.05, 0.1) is 6.20 Å². The molecule has 5 nitrogen and oxygen atoms in total. The van der Waals surface area contributed by atoms with E-state index < -0.39 is 5.54 Å². The summed E-state index contributed by atoms with van der Waals surface area (Å²) in [7, 11) is 0. The van der Waals surface area contributed by atoms with Crippen LogP contribution >= 0.6 is 0 Å². The maximum absolute atomic E-state index is 11.5. The molecule has 3 N–H and O–H groups in total. The van der Waals surface area contributed by atoms with Crippen molar-refractivity contribution in [1.82, 2.24) is 10.3 Å². The lowest BCUT2D eigenvalue weighted by molar-refractivity contribution is 0.0886. The molecule has 1 aromatic rings. The molecule has 1 heterocycles. The molecule has 0 aliphatic heterocycles. The van der Waals surface area contributed by atoms with Crippen LogP contribution in [-0.4, -0.2) is 23.0 Å². The van der Waals surface area contributed by atoms with Crippen LogP contribution in [0.4, 0.5) is 0 Å². The number of hydrogen-bond acceptors (Lipinski definition) is 4. The molecule has 0 atom stereocenters. The Kier molecular flexibility index (Phi) is 2.90. The lowest BCUT2D eigenvalue weighted by Crippen LogP contribution is -2.48. The van der Waals surface area contributed by atoms with Gasteiger partial charge in [-0.3, -0.25) is 4.79 Å². The van der Waals surface area contributed by atoms with Gasteiger partial charge in [-0.25, -0.2) is 4.98 Å². The third-order valence-corrected chi connectivity index (χ3v) is 1.81. The van der Waals surface area contributed by atoms with Crippen LogP contribution in [-0.2, 0) is 0 Å². The van der Waals surface area contributed by atoms with Gasteiger partial charge in [-0.15, -0.1) is 0 Å². The monoisotopic (exact) mass is 197 g/mol. The van der Waals surface area contributed by atoms with Crippen LogP contribution in [0.3, 0.4) is 0 Å². The van der Waals surface area contributed by atoms with Gasteiger partial charge in [0.1, 0.15) is 0 Å². The SMILES string of the molecule is Cc1ncc(C(=O)NC(C)(C)CN)o1. The molecular weight excluding hydrogens is 182 g/mol. The van der Waals surface area contributed by atoms with Crippen molar-refractivity contribution in [3.63, 3.8) is 0 Å². The molecule has 1 rings (SSSR count). The van der Waals surface area contributed by atoms with Gasteiger partial charge in [0, 0.05) is 19.0 Å². The number of nitrogens with zero attached hydrogens (tertiary/aromatic N) is 1. The third kappa shape index (κ3) is 2.56. The Morgan fingerprint density at radius 2 is 2.36 bits per heavy atom. The van der Waals surface area contributed by atoms with Crippen molar-refractivity contribution < 1.29 is 9.21 Å².